The minimum atomic E-state index is -0.909. The number of aromatic nitrogens is 5. The molecule has 4 aromatic heterocycles. The summed E-state index contributed by atoms with van der Waals surface area (Å²) in [5, 5.41) is 13.8. The molecule has 0 aromatic carbocycles. The van der Waals surface area contributed by atoms with E-state index in [4.69, 9.17) is 4.98 Å². The van der Waals surface area contributed by atoms with Gasteiger partial charge in [-0.3, -0.25) is 0 Å². The van der Waals surface area contributed by atoms with E-state index >= 15 is 0 Å². The highest BCUT2D eigenvalue weighted by Crippen LogP contribution is 2.24. The molecular weight excluding hydrogens is 422 g/mol. The Hall–Kier alpha value is -3.95. The smallest absolute Gasteiger partial charge is 0.407 e. The van der Waals surface area contributed by atoms with Gasteiger partial charge >= 0.3 is 11.8 Å². The molecule has 1 aliphatic rings. The van der Waals surface area contributed by atoms with Gasteiger partial charge in [0.2, 0.25) is 0 Å². The number of aryl methyl sites for hydroxylation is 3. The molecule has 1 fully saturated rings. The summed E-state index contributed by atoms with van der Waals surface area (Å²) in [6.45, 7) is 9.22. The van der Waals surface area contributed by atoms with E-state index < -0.39 is 11.8 Å². The summed E-state index contributed by atoms with van der Waals surface area (Å²) in [6, 6.07) is 7.69. The molecule has 1 atom stereocenters. The fourth-order valence-electron chi connectivity index (χ4n) is 4.56. The van der Waals surface area contributed by atoms with Crippen molar-refractivity contribution < 1.29 is 9.90 Å². The van der Waals surface area contributed by atoms with Crippen LogP contribution in [-0.2, 0) is 0 Å². The molecular formula is C23H25N7O3. The van der Waals surface area contributed by atoms with Gasteiger partial charge in [-0.25, -0.2) is 23.5 Å². The zero-order valence-corrected chi connectivity index (χ0v) is 19.0. The molecule has 0 radical (unpaired) electrons. The molecule has 1 aliphatic heterocycles. The van der Waals surface area contributed by atoms with E-state index in [1.807, 2.05) is 56.5 Å². The molecule has 0 aliphatic carbocycles. The van der Waals surface area contributed by atoms with Crippen molar-refractivity contribution in [3.8, 4) is 11.4 Å². The molecule has 0 saturated carbocycles. The van der Waals surface area contributed by atoms with E-state index in [-0.39, 0.29) is 6.04 Å². The third kappa shape index (κ3) is 3.57. The maximum Gasteiger partial charge on any atom is 0.407 e. The number of anilines is 1. The second-order valence-corrected chi connectivity index (χ2v) is 8.68. The van der Waals surface area contributed by atoms with Gasteiger partial charge in [-0.05, 0) is 57.5 Å². The number of hydrogen-bond acceptors (Lipinski definition) is 6. The Morgan fingerprint density at radius 3 is 2.61 bits per heavy atom. The molecule has 10 heteroatoms. The van der Waals surface area contributed by atoms with Gasteiger partial charge in [-0.15, -0.1) is 0 Å². The van der Waals surface area contributed by atoms with Gasteiger partial charge in [0.15, 0.2) is 5.82 Å². The molecule has 5 heterocycles. The van der Waals surface area contributed by atoms with Crippen molar-refractivity contribution in [2.75, 3.05) is 24.5 Å². The van der Waals surface area contributed by atoms with Gasteiger partial charge in [0, 0.05) is 43.1 Å². The van der Waals surface area contributed by atoms with Crippen molar-refractivity contribution in [2.45, 2.75) is 33.7 Å². The van der Waals surface area contributed by atoms with Crippen LogP contribution in [0.4, 0.5) is 10.5 Å². The number of amides is 1. The lowest BCUT2D eigenvalue weighted by Crippen LogP contribution is -2.53. The average molecular weight is 447 g/mol. The lowest BCUT2D eigenvalue weighted by molar-refractivity contribution is 0.122. The van der Waals surface area contributed by atoms with E-state index in [0.717, 1.165) is 33.7 Å². The number of pyridine rings is 2. The van der Waals surface area contributed by atoms with Crippen molar-refractivity contribution in [1.29, 1.82) is 0 Å². The van der Waals surface area contributed by atoms with Crippen LogP contribution >= 0.6 is 0 Å². The van der Waals surface area contributed by atoms with Gasteiger partial charge in [0.25, 0.3) is 0 Å². The van der Waals surface area contributed by atoms with Crippen LogP contribution in [0.5, 0.6) is 0 Å². The number of carboxylic acid groups (broad SMARTS) is 1. The Labute approximate surface area is 189 Å². The Morgan fingerprint density at radius 2 is 1.88 bits per heavy atom. The van der Waals surface area contributed by atoms with Crippen LogP contribution in [0.15, 0.2) is 35.3 Å². The van der Waals surface area contributed by atoms with Crippen LogP contribution in [0.25, 0.3) is 22.6 Å². The maximum atomic E-state index is 13.0. The molecule has 33 heavy (non-hydrogen) atoms. The first-order valence-corrected chi connectivity index (χ1v) is 10.8. The van der Waals surface area contributed by atoms with E-state index in [1.54, 1.807) is 6.20 Å². The highest BCUT2D eigenvalue weighted by molar-refractivity contribution is 5.68. The Morgan fingerprint density at radius 1 is 1.09 bits per heavy atom. The molecule has 1 amide bonds. The molecule has 170 valence electrons. The van der Waals surface area contributed by atoms with Crippen molar-refractivity contribution in [3.05, 3.63) is 57.9 Å². The standard InChI is InChI=1S/C23H25N7O3/c1-13-7-19(27-5-6-28(23(32)33)16(4)11-27)12-29-21(13)24-20(25-22(29)31)17-9-15(3)30-18(10-17)8-14(2)26-30/h7-10,12,16H,5-6,11H2,1-4H3,(H,32,33). The van der Waals surface area contributed by atoms with Crippen LogP contribution < -0.4 is 10.6 Å². The molecule has 0 bridgehead atoms. The van der Waals surface area contributed by atoms with E-state index in [1.165, 1.54) is 9.30 Å². The Kier molecular flexibility index (Phi) is 4.80. The second-order valence-electron chi connectivity index (χ2n) is 8.68. The maximum absolute atomic E-state index is 13.0. The van der Waals surface area contributed by atoms with Crippen LogP contribution in [-0.4, -0.2) is 65.8 Å². The van der Waals surface area contributed by atoms with Crippen LogP contribution in [0.3, 0.4) is 0 Å². The predicted octanol–water partition coefficient (Wildman–Crippen LogP) is 2.52. The third-order valence-electron chi connectivity index (χ3n) is 6.18. The summed E-state index contributed by atoms with van der Waals surface area (Å²) in [7, 11) is 0. The first kappa shape index (κ1) is 20.9. The summed E-state index contributed by atoms with van der Waals surface area (Å²) < 4.78 is 3.33. The summed E-state index contributed by atoms with van der Waals surface area (Å²) in [6.07, 6.45) is 0.834. The SMILES string of the molecule is Cc1cc2cc(-c3nc(=O)n4cc(N5CCN(C(=O)O)C(C)C5)cc(C)c4n3)cc(C)n2n1. The van der Waals surface area contributed by atoms with Gasteiger partial charge in [0.1, 0.15) is 5.65 Å². The van der Waals surface area contributed by atoms with E-state index in [9.17, 15) is 14.7 Å². The quantitative estimate of drug-likeness (QED) is 0.503. The monoisotopic (exact) mass is 447 g/mol. The number of rotatable bonds is 2. The minimum absolute atomic E-state index is 0.145. The summed E-state index contributed by atoms with van der Waals surface area (Å²) in [5.74, 6) is 0.379. The zero-order chi connectivity index (χ0) is 23.4. The largest absolute Gasteiger partial charge is 0.465 e. The molecule has 1 N–H and O–H groups in total. The van der Waals surface area contributed by atoms with Crippen LogP contribution in [0, 0.1) is 20.8 Å². The molecule has 10 nitrogen and oxygen atoms in total. The molecule has 1 saturated heterocycles. The first-order chi connectivity index (χ1) is 15.7. The van der Waals surface area contributed by atoms with Gasteiger partial charge < -0.3 is 14.9 Å². The van der Waals surface area contributed by atoms with Crippen LogP contribution in [0.2, 0.25) is 0 Å². The number of fused-ring (bicyclic) bond motifs is 2. The van der Waals surface area contributed by atoms with Crippen molar-refractivity contribution >= 4 is 22.9 Å². The summed E-state index contributed by atoms with van der Waals surface area (Å²) in [5.41, 5.74) is 5.38. The summed E-state index contributed by atoms with van der Waals surface area (Å²) in [4.78, 5) is 36.9. The van der Waals surface area contributed by atoms with Crippen molar-refractivity contribution in [2.24, 2.45) is 0 Å². The topological polar surface area (TPSA) is 108 Å². The number of carbonyl (C=O) groups is 1. The fourth-order valence-corrected chi connectivity index (χ4v) is 4.56. The van der Waals surface area contributed by atoms with E-state index in [2.05, 4.69) is 15.0 Å². The van der Waals surface area contributed by atoms with E-state index in [0.29, 0.717) is 31.1 Å². The fraction of sp³-hybridized carbons (Fsp3) is 0.348. The normalized spacial score (nSPS) is 16.7. The number of hydrogen-bond donors (Lipinski definition) is 1. The Balaban J connectivity index is 1.55. The molecule has 5 rings (SSSR count). The number of nitrogens with zero attached hydrogens (tertiary/aromatic N) is 7. The third-order valence-corrected chi connectivity index (χ3v) is 6.18. The molecule has 4 aromatic rings. The molecule has 0 spiro atoms. The highest BCUT2D eigenvalue weighted by atomic mass is 16.4. The van der Waals surface area contributed by atoms with Crippen LogP contribution in [0.1, 0.15) is 23.9 Å². The lowest BCUT2D eigenvalue weighted by Gasteiger charge is -2.39. The summed E-state index contributed by atoms with van der Waals surface area (Å²) >= 11 is 0. The van der Waals surface area contributed by atoms with Gasteiger partial charge in [0.05, 0.1) is 16.9 Å². The predicted molar refractivity (Wildman–Crippen MR) is 124 cm³/mol. The average Bonchev–Trinajstić information content (AvgIpc) is 3.14. The lowest BCUT2D eigenvalue weighted by atomic mass is 10.1. The van der Waals surface area contributed by atoms with Gasteiger partial charge in [-0.2, -0.15) is 10.1 Å². The second kappa shape index (κ2) is 7.58. The zero-order valence-electron chi connectivity index (χ0n) is 19.0. The van der Waals surface area contributed by atoms with Crippen molar-refractivity contribution in [3.63, 3.8) is 0 Å². The van der Waals surface area contributed by atoms with Gasteiger partial charge in [-0.1, -0.05) is 0 Å². The molecule has 1 unspecified atom stereocenters. The minimum Gasteiger partial charge on any atom is -0.465 e. The first-order valence-electron chi connectivity index (χ1n) is 10.8. The Bertz CT molecular complexity index is 1470. The highest BCUT2D eigenvalue weighted by Gasteiger charge is 2.27. The number of piperazine rings is 1. The van der Waals surface area contributed by atoms with Crippen molar-refractivity contribution in [1.82, 2.24) is 28.9 Å².